The summed E-state index contributed by atoms with van der Waals surface area (Å²) in [5, 5.41) is 0. The van der Waals surface area contributed by atoms with Crippen LogP contribution in [0.25, 0.3) is 0 Å². The first-order chi connectivity index (χ1) is 13.2. The molecule has 2 fully saturated rings. The number of benzene rings is 2. The fourth-order valence-electron chi connectivity index (χ4n) is 4.75. The summed E-state index contributed by atoms with van der Waals surface area (Å²) < 4.78 is 11.9. The van der Waals surface area contributed by atoms with E-state index in [1.54, 1.807) is 6.08 Å². The molecule has 3 atom stereocenters. The fraction of sp³-hybridized carbons (Fsp3) is 0.375. The Hall–Kier alpha value is -2.39. The molecule has 2 aromatic carbocycles. The van der Waals surface area contributed by atoms with E-state index in [-0.39, 0.29) is 23.6 Å². The van der Waals surface area contributed by atoms with Crippen molar-refractivity contribution in [1.82, 2.24) is 0 Å². The highest BCUT2D eigenvalue weighted by Gasteiger charge is 2.59. The van der Waals surface area contributed by atoms with Crippen LogP contribution in [-0.2, 0) is 27.1 Å². The van der Waals surface area contributed by atoms with Crippen molar-refractivity contribution in [3.8, 4) is 0 Å². The maximum Gasteiger partial charge on any atom is 0.330 e. The zero-order valence-corrected chi connectivity index (χ0v) is 15.7. The zero-order chi connectivity index (χ0) is 18.7. The summed E-state index contributed by atoms with van der Waals surface area (Å²) in [5.41, 5.74) is 2.41. The molecule has 1 heterocycles. The van der Waals surface area contributed by atoms with Gasteiger partial charge in [0.2, 0.25) is 0 Å². The molecule has 1 aliphatic carbocycles. The Morgan fingerprint density at radius 1 is 1.07 bits per heavy atom. The Bertz CT molecular complexity index is 755. The first-order valence-electron chi connectivity index (χ1n) is 9.73. The molecule has 0 N–H and O–H groups in total. The van der Waals surface area contributed by atoms with Crippen molar-refractivity contribution in [1.29, 1.82) is 0 Å². The van der Waals surface area contributed by atoms with Gasteiger partial charge in [0.05, 0.1) is 6.61 Å². The number of ether oxygens (including phenoxy) is 2. The molecule has 27 heavy (non-hydrogen) atoms. The first-order valence-corrected chi connectivity index (χ1v) is 9.73. The number of fused-ring (bicyclic) bond motifs is 1. The zero-order valence-electron chi connectivity index (χ0n) is 15.7. The largest absolute Gasteiger partial charge is 0.456 e. The first kappa shape index (κ1) is 18.0. The predicted octanol–water partition coefficient (Wildman–Crippen LogP) is 4.36. The van der Waals surface area contributed by atoms with Crippen molar-refractivity contribution in [2.24, 2.45) is 11.3 Å². The average Bonchev–Trinajstić information content (AvgIpc) is 2.84. The molecule has 2 aromatic rings. The van der Waals surface area contributed by atoms with E-state index in [1.165, 1.54) is 17.2 Å². The topological polar surface area (TPSA) is 35.5 Å². The van der Waals surface area contributed by atoms with Gasteiger partial charge in [-0.3, -0.25) is 0 Å². The van der Waals surface area contributed by atoms with Gasteiger partial charge in [-0.2, -0.15) is 0 Å². The highest BCUT2D eigenvalue weighted by atomic mass is 16.6. The average molecular weight is 362 g/mol. The van der Waals surface area contributed by atoms with E-state index in [0.717, 1.165) is 25.9 Å². The minimum absolute atomic E-state index is 0.0200. The third-order valence-corrected chi connectivity index (χ3v) is 5.88. The molecule has 4 rings (SSSR count). The van der Waals surface area contributed by atoms with Gasteiger partial charge in [0, 0.05) is 17.4 Å². The van der Waals surface area contributed by atoms with E-state index in [9.17, 15) is 4.79 Å². The molecule has 0 aromatic heterocycles. The smallest absolute Gasteiger partial charge is 0.330 e. The highest BCUT2D eigenvalue weighted by molar-refractivity contribution is 5.82. The minimum atomic E-state index is -0.274. The monoisotopic (exact) mass is 362 g/mol. The van der Waals surface area contributed by atoms with Gasteiger partial charge in [-0.15, -0.1) is 0 Å². The van der Waals surface area contributed by atoms with Crippen LogP contribution in [-0.4, -0.2) is 24.8 Å². The predicted molar refractivity (Wildman–Crippen MR) is 105 cm³/mol. The molecule has 140 valence electrons. The molecule has 0 amide bonds. The van der Waals surface area contributed by atoms with Gasteiger partial charge >= 0.3 is 5.97 Å². The maximum absolute atomic E-state index is 12.3. The second kappa shape index (κ2) is 7.69. The van der Waals surface area contributed by atoms with Crippen molar-refractivity contribution in [2.75, 3.05) is 6.61 Å². The Kier molecular flexibility index (Phi) is 5.13. The summed E-state index contributed by atoms with van der Waals surface area (Å²) >= 11 is 0. The van der Waals surface area contributed by atoms with Crippen LogP contribution in [0.3, 0.4) is 0 Å². The Labute approximate surface area is 161 Å². The van der Waals surface area contributed by atoms with Crippen LogP contribution in [0.5, 0.6) is 0 Å². The lowest BCUT2D eigenvalue weighted by Crippen LogP contribution is -2.47. The van der Waals surface area contributed by atoms with Gasteiger partial charge < -0.3 is 9.47 Å². The van der Waals surface area contributed by atoms with Crippen molar-refractivity contribution in [3.63, 3.8) is 0 Å². The van der Waals surface area contributed by atoms with Crippen molar-refractivity contribution in [2.45, 2.75) is 38.4 Å². The van der Waals surface area contributed by atoms with Gasteiger partial charge in [-0.1, -0.05) is 66.7 Å². The molecule has 3 heteroatoms. The van der Waals surface area contributed by atoms with E-state index in [4.69, 9.17) is 9.47 Å². The van der Waals surface area contributed by atoms with Crippen LogP contribution >= 0.6 is 0 Å². The van der Waals surface area contributed by atoms with E-state index in [0.29, 0.717) is 5.92 Å². The highest BCUT2D eigenvalue weighted by Crippen LogP contribution is 2.53. The number of esters is 1. The van der Waals surface area contributed by atoms with E-state index >= 15 is 0 Å². The normalized spacial score (nSPS) is 25.7. The summed E-state index contributed by atoms with van der Waals surface area (Å²) in [7, 11) is 0. The third kappa shape index (κ3) is 3.70. The van der Waals surface area contributed by atoms with Crippen molar-refractivity contribution >= 4 is 5.97 Å². The molecule has 1 aliphatic heterocycles. The fourth-order valence-corrected chi connectivity index (χ4v) is 4.75. The minimum Gasteiger partial charge on any atom is -0.456 e. The summed E-state index contributed by atoms with van der Waals surface area (Å²) in [6.07, 6.45) is 5.82. The van der Waals surface area contributed by atoms with Gasteiger partial charge in [0.25, 0.3) is 0 Å². The van der Waals surface area contributed by atoms with Crippen LogP contribution in [0.15, 0.2) is 72.8 Å². The molecular formula is C24H26O3. The number of allylic oxidation sites excluding steroid dienone is 1. The molecule has 0 radical (unpaired) electrons. The molecule has 3 nitrogen and oxygen atoms in total. The Morgan fingerprint density at radius 2 is 1.67 bits per heavy atom. The Morgan fingerprint density at radius 3 is 2.15 bits per heavy atom. The molecule has 1 unspecified atom stereocenters. The number of rotatable bonds is 6. The van der Waals surface area contributed by atoms with Crippen LogP contribution in [0.1, 0.15) is 24.5 Å². The lowest BCUT2D eigenvalue weighted by atomic mass is 9.73. The van der Waals surface area contributed by atoms with Crippen molar-refractivity contribution in [3.05, 3.63) is 83.9 Å². The molecule has 1 saturated carbocycles. The summed E-state index contributed by atoms with van der Waals surface area (Å²) in [5.74, 6) is 0.199. The summed E-state index contributed by atoms with van der Waals surface area (Å²) in [6, 6.07) is 21.0. The lowest BCUT2D eigenvalue weighted by Gasteiger charge is -2.38. The van der Waals surface area contributed by atoms with Crippen LogP contribution in [0.4, 0.5) is 0 Å². The van der Waals surface area contributed by atoms with Gasteiger partial charge in [0.15, 0.2) is 0 Å². The summed E-state index contributed by atoms with van der Waals surface area (Å²) in [6.45, 7) is 2.60. The van der Waals surface area contributed by atoms with Crippen LogP contribution < -0.4 is 0 Å². The van der Waals surface area contributed by atoms with E-state index < -0.39 is 0 Å². The quantitative estimate of drug-likeness (QED) is 0.566. The second-order valence-electron chi connectivity index (χ2n) is 7.81. The standard InChI is InChI=1S/C24H26O3/c1-2-9-21(25)27-23-22-20(17-26-22)16-24(23,14-18-10-5-3-6-11-18)15-19-12-7-4-8-13-19/h2-13,20,22-23H,14-17H2,1H3/b9-2+/t20-,22?,23+/m0/s1. The summed E-state index contributed by atoms with van der Waals surface area (Å²) in [4.78, 5) is 12.3. The Balaban J connectivity index is 1.69. The molecule has 1 saturated heterocycles. The van der Waals surface area contributed by atoms with Gasteiger partial charge in [-0.05, 0) is 37.3 Å². The molecule has 2 aliphatic rings. The number of carbonyl (C=O) groups is 1. The van der Waals surface area contributed by atoms with Crippen molar-refractivity contribution < 1.29 is 14.3 Å². The third-order valence-electron chi connectivity index (χ3n) is 5.88. The molecular weight excluding hydrogens is 336 g/mol. The van der Waals surface area contributed by atoms with Crippen LogP contribution in [0, 0.1) is 11.3 Å². The SMILES string of the molecule is C/C=C/C(=O)O[C@@H]1C2OC[C@@H]2CC1(Cc1ccccc1)Cc1ccccc1. The van der Waals surface area contributed by atoms with Gasteiger partial charge in [-0.25, -0.2) is 4.79 Å². The lowest BCUT2D eigenvalue weighted by molar-refractivity contribution is -0.177. The van der Waals surface area contributed by atoms with Gasteiger partial charge in [0.1, 0.15) is 12.2 Å². The van der Waals surface area contributed by atoms with E-state index in [2.05, 4.69) is 48.5 Å². The maximum atomic E-state index is 12.3. The number of hydrogen-bond donors (Lipinski definition) is 0. The molecule has 0 bridgehead atoms. The van der Waals surface area contributed by atoms with Crippen LogP contribution in [0.2, 0.25) is 0 Å². The number of carbonyl (C=O) groups excluding carboxylic acids is 1. The number of hydrogen-bond acceptors (Lipinski definition) is 3. The molecule has 0 spiro atoms. The second-order valence-corrected chi connectivity index (χ2v) is 7.81. The van der Waals surface area contributed by atoms with E-state index in [1.807, 2.05) is 19.1 Å².